The van der Waals surface area contributed by atoms with Gasteiger partial charge in [0.1, 0.15) is 0 Å². The average molecular weight is 280 g/mol. The van der Waals surface area contributed by atoms with E-state index in [1.165, 1.54) is 11.3 Å². The van der Waals surface area contributed by atoms with E-state index in [-0.39, 0.29) is 5.91 Å². The summed E-state index contributed by atoms with van der Waals surface area (Å²) in [5.41, 5.74) is 5.51. The predicted molar refractivity (Wildman–Crippen MR) is 80.0 cm³/mol. The fourth-order valence-corrected chi connectivity index (χ4v) is 3.49. The first-order chi connectivity index (χ1) is 8.94. The smallest absolute Gasteiger partial charge is 0.237 e. The number of rotatable bonds is 4. The molecule has 1 unspecified atom stereocenters. The van der Waals surface area contributed by atoms with Crippen LogP contribution < -0.4 is 11.1 Å². The van der Waals surface area contributed by atoms with Crippen molar-refractivity contribution >= 4 is 17.2 Å². The van der Waals surface area contributed by atoms with E-state index in [1.807, 2.05) is 6.07 Å². The molecule has 0 spiro atoms. The molecule has 0 aromatic carbocycles. The first-order valence-electron chi connectivity index (χ1n) is 7.01. The summed E-state index contributed by atoms with van der Waals surface area (Å²) in [6.07, 6.45) is 4.99. The van der Waals surface area contributed by atoms with Gasteiger partial charge in [-0.2, -0.15) is 0 Å². The van der Waals surface area contributed by atoms with Gasteiger partial charge in [0.15, 0.2) is 0 Å². The Bertz CT molecular complexity index is 427. The summed E-state index contributed by atoms with van der Waals surface area (Å²) in [4.78, 5) is 13.2. The molecule has 1 atom stereocenters. The van der Waals surface area contributed by atoms with Crippen LogP contribution >= 0.6 is 11.3 Å². The lowest BCUT2D eigenvalue weighted by Gasteiger charge is -2.31. The lowest BCUT2D eigenvalue weighted by Crippen LogP contribution is -2.54. The number of hydrogen-bond donors (Lipinski definition) is 2. The van der Waals surface area contributed by atoms with Gasteiger partial charge in [-0.05, 0) is 42.5 Å². The van der Waals surface area contributed by atoms with E-state index in [9.17, 15) is 4.79 Å². The Balaban J connectivity index is 2.07. The maximum absolute atomic E-state index is 12.0. The van der Waals surface area contributed by atoms with Crippen LogP contribution in [0.3, 0.4) is 0 Å². The zero-order valence-corrected chi connectivity index (χ0v) is 12.7. The van der Waals surface area contributed by atoms with Crippen molar-refractivity contribution in [1.29, 1.82) is 0 Å². The zero-order valence-electron chi connectivity index (χ0n) is 11.9. The van der Waals surface area contributed by atoms with Crippen LogP contribution in [0.1, 0.15) is 50.8 Å². The third-order valence-corrected chi connectivity index (χ3v) is 5.21. The first-order valence-corrected chi connectivity index (χ1v) is 7.89. The van der Waals surface area contributed by atoms with Crippen molar-refractivity contribution < 1.29 is 4.79 Å². The van der Waals surface area contributed by atoms with E-state index in [0.29, 0.717) is 5.41 Å². The van der Waals surface area contributed by atoms with Crippen molar-refractivity contribution in [2.45, 2.75) is 58.0 Å². The number of hydrogen-bond acceptors (Lipinski definition) is 3. The summed E-state index contributed by atoms with van der Waals surface area (Å²) >= 11 is 1.71. The summed E-state index contributed by atoms with van der Waals surface area (Å²) < 4.78 is 0. The fourth-order valence-electron chi connectivity index (χ4n) is 2.85. The molecule has 3 N–H and O–H groups in total. The lowest BCUT2D eigenvalue weighted by molar-refractivity contribution is -0.125. The van der Waals surface area contributed by atoms with Gasteiger partial charge in [-0.15, -0.1) is 11.3 Å². The first kappa shape index (κ1) is 14.5. The molecule has 1 amide bonds. The molecular formula is C15H24N2OS. The molecule has 2 rings (SSSR count). The number of nitrogens with one attached hydrogen (secondary N) is 1. The molecule has 1 aromatic heterocycles. The number of nitrogens with two attached hydrogens (primary N) is 1. The molecular weight excluding hydrogens is 256 g/mol. The molecule has 0 radical (unpaired) electrons. The molecule has 0 aliphatic heterocycles. The normalized spacial score (nSPS) is 26.8. The van der Waals surface area contributed by atoms with Crippen molar-refractivity contribution in [1.82, 2.24) is 5.32 Å². The zero-order chi connectivity index (χ0) is 13.9. The average Bonchev–Trinajstić information content (AvgIpc) is 2.79. The van der Waals surface area contributed by atoms with Crippen LogP contribution in [0.2, 0.25) is 0 Å². The van der Waals surface area contributed by atoms with Gasteiger partial charge >= 0.3 is 0 Å². The number of thiophene rings is 1. The SMILES string of the molecule is CC1(C)CCCC(NCc2cccs2)(C(N)=O)CC1. The molecule has 1 heterocycles. The third-order valence-electron chi connectivity index (χ3n) is 4.34. The van der Waals surface area contributed by atoms with Crippen LogP contribution in [-0.2, 0) is 11.3 Å². The van der Waals surface area contributed by atoms with Gasteiger partial charge in [0.2, 0.25) is 5.91 Å². The largest absolute Gasteiger partial charge is 0.368 e. The van der Waals surface area contributed by atoms with Crippen molar-refractivity contribution in [3.8, 4) is 0 Å². The molecule has 19 heavy (non-hydrogen) atoms. The van der Waals surface area contributed by atoms with E-state index in [0.717, 1.165) is 32.2 Å². The van der Waals surface area contributed by atoms with Gasteiger partial charge in [-0.25, -0.2) is 0 Å². The number of amides is 1. The second kappa shape index (κ2) is 5.63. The predicted octanol–water partition coefficient (Wildman–Crippen LogP) is 3.05. The molecule has 1 aromatic rings. The molecule has 106 valence electrons. The van der Waals surface area contributed by atoms with Gasteiger partial charge in [0.25, 0.3) is 0 Å². The molecule has 0 bridgehead atoms. The van der Waals surface area contributed by atoms with E-state index in [4.69, 9.17) is 5.73 Å². The minimum absolute atomic E-state index is 0.193. The lowest BCUT2D eigenvalue weighted by atomic mass is 9.83. The van der Waals surface area contributed by atoms with Gasteiger partial charge < -0.3 is 5.73 Å². The van der Waals surface area contributed by atoms with Crippen LogP contribution in [0.4, 0.5) is 0 Å². The minimum Gasteiger partial charge on any atom is -0.368 e. The van der Waals surface area contributed by atoms with Crippen molar-refractivity contribution in [3.63, 3.8) is 0 Å². The van der Waals surface area contributed by atoms with Crippen molar-refractivity contribution in [3.05, 3.63) is 22.4 Å². The Hall–Kier alpha value is -0.870. The second-order valence-corrected chi connectivity index (χ2v) is 7.43. The van der Waals surface area contributed by atoms with Gasteiger partial charge in [-0.1, -0.05) is 26.3 Å². The fraction of sp³-hybridized carbons (Fsp3) is 0.667. The highest BCUT2D eigenvalue weighted by molar-refractivity contribution is 7.09. The monoisotopic (exact) mass is 280 g/mol. The van der Waals surface area contributed by atoms with Crippen LogP contribution in [0, 0.1) is 5.41 Å². The van der Waals surface area contributed by atoms with Gasteiger partial charge in [0.05, 0.1) is 5.54 Å². The Labute approximate surface area is 119 Å². The quantitative estimate of drug-likeness (QED) is 0.833. The number of carbonyl (C=O) groups is 1. The molecule has 0 saturated heterocycles. The third kappa shape index (κ3) is 3.57. The van der Waals surface area contributed by atoms with Crippen molar-refractivity contribution in [2.75, 3.05) is 0 Å². The number of primary amides is 1. The van der Waals surface area contributed by atoms with Crippen LogP contribution in [0.5, 0.6) is 0 Å². The van der Waals surface area contributed by atoms with Gasteiger partial charge in [0, 0.05) is 11.4 Å². The molecule has 1 fully saturated rings. The van der Waals surface area contributed by atoms with Gasteiger partial charge in [-0.3, -0.25) is 10.1 Å². The molecule has 1 saturated carbocycles. The maximum atomic E-state index is 12.0. The second-order valence-electron chi connectivity index (χ2n) is 6.40. The Morgan fingerprint density at radius 3 is 2.79 bits per heavy atom. The summed E-state index contributed by atoms with van der Waals surface area (Å²) in [5, 5.41) is 5.51. The Morgan fingerprint density at radius 2 is 2.16 bits per heavy atom. The van der Waals surface area contributed by atoms with E-state index >= 15 is 0 Å². The summed E-state index contributed by atoms with van der Waals surface area (Å²) in [7, 11) is 0. The molecule has 1 aliphatic rings. The summed E-state index contributed by atoms with van der Waals surface area (Å²) in [6.45, 7) is 5.30. The summed E-state index contributed by atoms with van der Waals surface area (Å²) in [5.74, 6) is -0.193. The summed E-state index contributed by atoms with van der Waals surface area (Å²) in [6, 6.07) is 4.13. The Morgan fingerprint density at radius 1 is 1.37 bits per heavy atom. The van der Waals surface area contributed by atoms with Crippen LogP contribution in [0.15, 0.2) is 17.5 Å². The highest BCUT2D eigenvalue weighted by atomic mass is 32.1. The maximum Gasteiger partial charge on any atom is 0.237 e. The van der Waals surface area contributed by atoms with Crippen LogP contribution in [-0.4, -0.2) is 11.4 Å². The van der Waals surface area contributed by atoms with E-state index in [1.54, 1.807) is 11.3 Å². The minimum atomic E-state index is -0.516. The molecule has 1 aliphatic carbocycles. The van der Waals surface area contributed by atoms with Crippen molar-refractivity contribution in [2.24, 2.45) is 11.1 Å². The highest BCUT2D eigenvalue weighted by Crippen LogP contribution is 2.38. The topological polar surface area (TPSA) is 55.1 Å². The Kier molecular flexibility index (Phi) is 4.31. The molecule has 4 heteroatoms. The van der Waals surface area contributed by atoms with Crippen LogP contribution in [0.25, 0.3) is 0 Å². The van der Waals surface area contributed by atoms with E-state index < -0.39 is 5.54 Å². The standard InChI is InChI=1S/C15H24N2OS/c1-14(2)6-4-7-15(9-8-14,13(16)18)17-11-12-5-3-10-19-12/h3,5,10,17H,4,6-9,11H2,1-2H3,(H2,16,18). The highest BCUT2D eigenvalue weighted by Gasteiger charge is 2.39. The van der Waals surface area contributed by atoms with E-state index in [2.05, 4.69) is 30.6 Å². The molecule has 3 nitrogen and oxygen atoms in total. The number of carbonyl (C=O) groups excluding carboxylic acids is 1.